The zero-order valence-corrected chi connectivity index (χ0v) is 12.2. The average molecular weight is 277 g/mol. The van der Waals surface area contributed by atoms with E-state index < -0.39 is 6.10 Å². The van der Waals surface area contributed by atoms with Crippen molar-refractivity contribution in [1.82, 2.24) is 4.98 Å². The van der Waals surface area contributed by atoms with Crippen molar-refractivity contribution in [3.63, 3.8) is 0 Å². The van der Waals surface area contributed by atoms with Gasteiger partial charge in [0, 0.05) is 17.1 Å². The van der Waals surface area contributed by atoms with Crippen molar-refractivity contribution < 1.29 is 5.11 Å². The van der Waals surface area contributed by atoms with Crippen LogP contribution >= 0.6 is 0 Å². The number of rotatable bonds is 4. The van der Waals surface area contributed by atoms with E-state index in [9.17, 15) is 5.11 Å². The second-order valence-electron chi connectivity index (χ2n) is 5.46. The van der Waals surface area contributed by atoms with Crippen LogP contribution in [0.2, 0.25) is 0 Å². The first-order chi connectivity index (χ1) is 10.2. The van der Waals surface area contributed by atoms with Gasteiger partial charge in [-0.3, -0.25) is 4.98 Å². The second-order valence-corrected chi connectivity index (χ2v) is 5.46. The molecule has 2 heteroatoms. The number of nitrogens with zero attached hydrogens (tertiary/aromatic N) is 1. The number of fused-ring (bicyclic) bond motifs is 1. The third-order valence-corrected chi connectivity index (χ3v) is 3.85. The van der Waals surface area contributed by atoms with Crippen molar-refractivity contribution in [3.05, 3.63) is 77.5 Å². The molecule has 3 aromatic rings. The number of pyridine rings is 1. The molecule has 3 rings (SSSR count). The van der Waals surface area contributed by atoms with Crippen LogP contribution in [0, 0.1) is 6.92 Å². The van der Waals surface area contributed by atoms with Gasteiger partial charge in [-0.15, -0.1) is 0 Å². The summed E-state index contributed by atoms with van der Waals surface area (Å²) >= 11 is 0. The van der Waals surface area contributed by atoms with Gasteiger partial charge in [0.1, 0.15) is 0 Å². The van der Waals surface area contributed by atoms with Crippen LogP contribution in [0.25, 0.3) is 10.9 Å². The molecule has 2 nitrogen and oxygen atoms in total. The molecule has 0 aliphatic heterocycles. The van der Waals surface area contributed by atoms with Crippen LogP contribution in [0.3, 0.4) is 0 Å². The minimum atomic E-state index is -0.482. The minimum Gasteiger partial charge on any atom is -0.388 e. The van der Waals surface area contributed by atoms with Gasteiger partial charge in [-0.2, -0.15) is 0 Å². The lowest BCUT2D eigenvalue weighted by Gasteiger charge is -2.13. The number of hydrogen-bond acceptors (Lipinski definition) is 2. The van der Waals surface area contributed by atoms with E-state index in [1.807, 2.05) is 30.3 Å². The molecule has 1 unspecified atom stereocenters. The highest BCUT2D eigenvalue weighted by Crippen LogP contribution is 2.25. The highest BCUT2D eigenvalue weighted by Gasteiger charge is 2.12. The van der Waals surface area contributed by atoms with Gasteiger partial charge in [0.2, 0.25) is 0 Å². The Labute approximate surface area is 125 Å². The number of aromatic nitrogens is 1. The molecule has 1 aromatic heterocycles. The molecular weight excluding hydrogens is 258 g/mol. The Hall–Kier alpha value is -2.19. The highest BCUT2D eigenvalue weighted by molar-refractivity contribution is 5.81. The maximum atomic E-state index is 10.5. The average Bonchev–Trinajstić information content (AvgIpc) is 2.53. The van der Waals surface area contributed by atoms with E-state index in [-0.39, 0.29) is 0 Å². The molecule has 2 aromatic carbocycles. The van der Waals surface area contributed by atoms with Gasteiger partial charge in [0.25, 0.3) is 0 Å². The van der Waals surface area contributed by atoms with Crippen LogP contribution < -0.4 is 0 Å². The van der Waals surface area contributed by atoms with Crippen LogP contribution in [-0.4, -0.2) is 10.1 Å². The van der Waals surface area contributed by atoms with Gasteiger partial charge in [0.15, 0.2) is 0 Å². The van der Waals surface area contributed by atoms with Gasteiger partial charge < -0.3 is 5.11 Å². The molecule has 0 radical (unpaired) electrons. The van der Waals surface area contributed by atoms with Crippen molar-refractivity contribution >= 4 is 10.9 Å². The van der Waals surface area contributed by atoms with E-state index >= 15 is 0 Å². The van der Waals surface area contributed by atoms with E-state index in [4.69, 9.17) is 0 Å². The summed E-state index contributed by atoms with van der Waals surface area (Å²) < 4.78 is 0. The number of benzene rings is 2. The number of aryl methyl sites for hydroxylation is 2. The monoisotopic (exact) mass is 277 g/mol. The molecule has 0 saturated heterocycles. The fourth-order valence-electron chi connectivity index (χ4n) is 2.61. The molecule has 0 aliphatic carbocycles. The quantitative estimate of drug-likeness (QED) is 0.775. The molecular formula is C19H19NO. The normalized spacial score (nSPS) is 12.5. The van der Waals surface area contributed by atoms with Crippen molar-refractivity contribution in [2.45, 2.75) is 25.9 Å². The van der Waals surface area contributed by atoms with Crippen molar-refractivity contribution in [2.75, 3.05) is 0 Å². The van der Waals surface area contributed by atoms with E-state index in [1.54, 1.807) is 6.20 Å². The first kappa shape index (κ1) is 13.8. The summed E-state index contributed by atoms with van der Waals surface area (Å²) in [5, 5.41) is 11.6. The summed E-state index contributed by atoms with van der Waals surface area (Å²) in [6.45, 7) is 2.08. The highest BCUT2D eigenvalue weighted by atomic mass is 16.3. The lowest BCUT2D eigenvalue weighted by molar-refractivity contribution is 0.169. The Morgan fingerprint density at radius 3 is 2.57 bits per heavy atom. The van der Waals surface area contributed by atoms with Crippen LogP contribution in [0.1, 0.15) is 29.2 Å². The van der Waals surface area contributed by atoms with E-state index in [2.05, 4.69) is 36.2 Å². The molecule has 0 bridgehead atoms. The van der Waals surface area contributed by atoms with Gasteiger partial charge >= 0.3 is 0 Å². The van der Waals surface area contributed by atoms with E-state index in [0.29, 0.717) is 6.42 Å². The molecule has 1 heterocycles. The minimum absolute atomic E-state index is 0.482. The summed E-state index contributed by atoms with van der Waals surface area (Å²) in [4.78, 5) is 4.41. The fourth-order valence-corrected chi connectivity index (χ4v) is 2.61. The molecule has 1 N–H and O–H groups in total. The zero-order valence-electron chi connectivity index (χ0n) is 12.2. The summed E-state index contributed by atoms with van der Waals surface area (Å²) in [7, 11) is 0. The SMILES string of the molecule is Cc1ccc(CCC(O)c2cccc3cccnc23)cc1. The Morgan fingerprint density at radius 2 is 1.76 bits per heavy atom. The number of para-hydroxylation sites is 1. The lowest BCUT2D eigenvalue weighted by atomic mass is 9.98. The summed E-state index contributed by atoms with van der Waals surface area (Å²) in [6, 6.07) is 18.4. The second kappa shape index (κ2) is 6.06. The van der Waals surface area contributed by atoms with Crippen LogP contribution in [0.15, 0.2) is 60.8 Å². The smallest absolute Gasteiger partial charge is 0.0814 e. The molecule has 106 valence electrons. The topological polar surface area (TPSA) is 33.1 Å². The van der Waals surface area contributed by atoms with Crippen molar-refractivity contribution in [2.24, 2.45) is 0 Å². The van der Waals surface area contributed by atoms with E-state index in [1.165, 1.54) is 11.1 Å². The van der Waals surface area contributed by atoms with Crippen LogP contribution in [0.4, 0.5) is 0 Å². The van der Waals surface area contributed by atoms with Gasteiger partial charge in [-0.1, -0.05) is 54.1 Å². The van der Waals surface area contributed by atoms with Crippen LogP contribution in [0.5, 0.6) is 0 Å². The predicted molar refractivity (Wildman–Crippen MR) is 86.2 cm³/mol. The number of aliphatic hydroxyl groups excluding tert-OH is 1. The van der Waals surface area contributed by atoms with Gasteiger partial charge in [-0.25, -0.2) is 0 Å². The van der Waals surface area contributed by atoms with E-state index in [0.717, 1.165) is 22.9 Å². The first-order valence-electron chi connectivity index (χ1n) is 7.31. The molecule has 0 spiro atoms. The maximum Gasteiger partial charge on any atom is 0.0814 e. The maximum absolute atomic E-state index is 10.5. The Kier molecular flexibility index (Phi) is 3.98. The zero-order chi connectivity index (χ0) is 14.7. The third-order valence-electron chi connectivity index (χ3n) is 3.85. The standard InChI is InChI=1S/C19H19NO/c1-14-7-9-15(10-8-14)11-12-18(21)17-6-2-4-16-5-3-13-20-19(16)17/h2-10,13,18,21H,11-12H2,1H3. The fraction of sp³-hybridized carbons (Fsp3) is 0.211. The lowest BCUT2D eigenvalue weighted by Crippen LogP contribution is -2.01. The molecule has 0 fully saturated rings. The summed E-state index contributed by atoms with van der Waals surface area (Å²) in [5.41, 5.74) is 4.34. The van der Waals surface area contributed by atoms with Crippen molar-refractivity contribution in [1.29, 1.82) is 0 Å². The Balaban J connectivity index is 1.78. The molecule has 0 aliphatic rings. The molecule has 1 atom stereocenters. The molecule has 21 heavy (non-hydrogen) atoms. The first-order valence-corrected chi connectivity index (χ1v) is 7.31. The van der Waals surface area contributed by atoms with Gasteiger partial charge in [0.05, 0.1) is 11.6 Å². The number of hydrogen-bond donors (Lipinski definition) is 1. The van der Waals surface area contributed by atoms with Gasteiger partial charge in [-0.05, 0) is 31.4 Å². The molecule has 0 amide bonds. The predicted octanol–water partition coefficient (Wildman–Crippen LogP) is 4.21. The van der Waals surface area contributed by atoms with Crippen molar-refractivity contribution in [3.8, 4) is 0 Å². The third kappa shape index (κ3) is 3.11. The van der Waals surface area contributed by atoms with Crippen LogP contribution in [-0.2, 0) is 6.42 Å². The molecule has 0 saturated carbocycles. The number of aliphatic hydroxyl groups is 1. The summed E-state index contributed by atoms with van der Waals surface area (Å²) in [5.74, 6) is 0. The Bertz CT molecular complexity index is 729. The summed E-state index contributed by atoms with van der Waals surface area (Å²) in [6.07, 6.45) is 2.87. The Morgan fingerprint density at radius 1 is 1.00 bits per heavy atom. The largest absolute Gasteiger partial charge is 0.388 e.